The van der Waals surface area contributed by atoms with Crippen LogP contribution in [-0.2, 0) is 13.6 Å². The van der Waals surface area contributed by atoms with Crippen LogP contribution in [0.15, 0.2) is 35.3 Å². The molecule has 0 radical (unpaired) electrons. The van der Waals surface area contributed by atoms with Gasteiger partial charge in [0, 0.05) is 58.0 Å². The summed E-state index contributed by atoms with van der Waals surface area (Å²) in [7, 11) is 4.13. The van der Waals surface area contributed by atoms with Gasteiger partial charge in [-0.3, -0.25) is 0 Å². The molecule has 2 aromatic rings. The Hall–Kier alpha value is -2.61. The molecule has 8 nitrogen and oxygen atoms in total. The highest BCUT2D eigenvalue weighted by Crippen LogP contribution is 2.13. The first kappa shape index (κ1) is 24.0. The number of para-hydroxylation sites is 1. The van der Waals surface area contributed by atoms with Crippen molar-refractivity contribution in [1.29, 1.82) is 0 Å². The van der Waals surface area contributed by atoms with Crippen molar-refractivity contribution in [3.05, 3.63) is 42.0 Å². The lowest BCUT2D eigenvalue weighted by atomic mass is 10.0. The number of aryl methyl sites for hydroxylation is 1. The summed E-state index contributed by atoms with van der Waals surface area (Å²) < 4.78 is 2.00. The Morgan fingerprint density at radius 2 is 1.91 bits per heavy atom. The standard InChI is InChI=1S/C24H40N8/c1-19(2)32-16-12-21(13-17-32)27-24(26-18-23-29-28-20(3)31(23)5)25-14-9-15-30(4)22-10-7-6-8-11-22/h6-8,10-11,19,21H,9,12-18H2,1-5H3,(H2,25,26,27). The van der Waals surface area contributed by atoms with Crippen LogP contribution in [0.1, 0.15) is 44.8 Å². The quantitative estimate of drug-likeness (QED) is 0.355. The van der Waals surface area contributed by atoms with E-state index in [9.17, 15) is 0 Å². The zero-order chi connectivity index (χ0) is 22.9. The molecule has 1 fully saturated rings. The number of guanidine groups is 1. The molecule has 2 N–H and O–H groups in total. The average molecular weight is 441 g/mol. The van der Waals surface area contributed by atoms with Gasteiger partial charge >= 0.3 is 0 Å². The predicted octanol–water partition coefficient (Wildman–Crippen LogP) is 2.56. The van der Waals surface area contributed by atoms with Crippen LogP contribution in [0.25, 0.3) is 0 Å². The summed E-state index contributed by atoms with van der Waals surface area (Å²) in [5.41, 5.74) is 1.24. The van der Waals surface area contributed by atoms with Crippen molar-refractivity contribution >= 4 is 11.6 Å². The molecular formula is C24H40N8. The number of aromatic nitrogens is 3. The maximum atomic E-state index is 4.84. The molecule has 1 aliphatic heterocycles. The minimum atomic E-state index is 0.449. The van der Waals surface area contributed by atoms with E-state index in [1.807, 2.05) is 18.5 Å². The fraction of sp³-hybridized carbons (Fsp3) is 0.625. The predicted molar refractivity (Wildman–Crippen MR) is 132 cm³/mol. The fourth-order valence-electron chi connectivity index (χ4n) is 3.98. The Bertz CT molecular complexity index is 837. The lowest BCUT2D eigenvalue weighted by Gasteiger charge is -2.35. The third-order valence-corrected chi connectivity index (χ3v) is 6.32. The maximum absolute atomic E-state index is 4.84. The molecule has 176 valence electrons. The van der Waals surface area contributed by atoms with E-state index in [0.717, 1.165) is 63.0 Å². The van der Waals surface area contributed by atoms with Gasteiger partial charge in [-0.1, -0.05) is 18.2 Å². The van der Waals surface area contributed by atoms with E-state index in [0.29, 0.717) is 18.6 Å². The first-order valence-electron chi connectivity index (χ1n) is 11.8. The number of hydrogen-bond donors (Lipinski definition) is 2. The van der Waals surface area contributed by atoms with Crippen LogP contribution in [-0.4, -0.2) is 70.9 Å². The van der Waals surface area contributed by atoms with E-state index in [1.165, 1.54) is 5.69 Å². The third-order valence-electron chi connectivity index (χ3n) is 6.32. The van der Waals surface area contributed by atoms with E-state index >= 15 is 0 Å². The summed E-state index contributed by atoms with van der Waals surface area (Å²) in [5.74, 6) is 2.65. The van der Waals surface area contributed by atoms with Crippen molar-refractivity contribution in [3.8, 4) is 0 Å². The minimum absolute atomic E-state index is 0.449. The van der Waals surface area contributed by atoms with E-state index in [2.05, 4.69) is 81.9 Å². The summed E-state index contributed by atoms with van der Waals surface area (Å²) in [6.07, 6.45) is 3.30. The second-order valence-corrected chi connectivity index (χ2v) is 8.97. The topological polar surface area (TPSA) is 73.6 Å². The van der Waals surface area contributed by atoms with Crippen LogP contribution in [0.4, 0.5) is 5.69 Å². The molecule has 2 heterocycles. The number of rotatable bonds is 9. The molecule has 0 bridgehead atoms. The van der Waals surface area contributed by atoms with Crippen molar-refractivity contribution in [1.82, 2.24) is 30.3 Å². The Morgan fingerprint density at radius 3 is 2.53 bits per heavy atom. The maximum Gasteiger partial charge on any atom is 0.191 e. The molecular weight excluding hydrogens is 400 g/mol. The normalized spacial score (nSPS) is 15.9. The highest BCUT2D eigenvalue weighted by Gasteiger charge is 2.21. The van der Waals surface area contributed by atoms with Crippen molar-refractivity contribution in [2.45, 2.75) is 58.7 Å². The molecule has 1 saturated heterocycles. The smallest absolute Gasteiger partial charge is 0.191 e. The Morgan fingerprint density at radius 1 is 1.19 bits per heavy atom. The minimum Gasteiger partial charge on any atom is -0.375 e. The molecule has 0 unspecified atom stereocenters. The second kappa shape index (κ2) is 11.9. The van der Waals surface area contributed by atoms with Crippen LogP contribution in [0.2, 0.25) is 0 Å². The number of benzene rings is 1. The summed E-state index contributed by atoms with van der Waals surface area (Å²) >= 11 is 0. The van der Waals surface area contributed by atoms with Gasteiger partial charge in [-0.05, 0) is 52.2 Å². The van der Waals surface area contributed by atoms with E-state index in [1.54, 1.807) is 0 Å². The number of piperidine rings is 1. The summed E-state index contributed by atoms with van der Waals surface area (Å²) in [5, 5.41) is 15.6. The van der Waals surface area contributed by atoms with E-state index < -0.39 is 0 Å². The first-order valence-corrected chi connectivity index (χ1v) is 11.8. The molecule has 0 spiro atoms. The van der Waals surface area contributed by atoms with Crippen LogP contribution >= 0.6 is 0 Å². The molecule has 0 amide bonds. The zero-order valence-electron chi connectivity index (χ0n) is 20.4. The number of likely N-dealkylation sites (tertiary alicyclic amines) is 1. The first-order chi connectivity index (χ1) is 15.4. The van der Waals surface area contributed by atoms with Crippen molar-refractivity contribution in [3.63, 3.8) is 0 Å². The number of nitrogens with one attached hydrogen (secondary N) is 2. The third kappa shape index (κ3) is 6.95. The second-order valence-electron chi connectivity index (χ2n) is 8.97. The molecule has 1 aromatic heterocycles. The van der Waals surface area contributed by atoms with Gasteiger partial charge in [-0.25, -0.2) is 4.99 Å². The van der Waals surface area contributed by atoms with E-state index in [-0.39, 0.29) is 0 Å². The summed E-state index contributed by atoms with van der Waals surface area (Å²) in [6.45, 7) is 11.1. The summed E-state index contributed by atoms with van der Waals surface area (Å²) in [6, 6.07) is 11.6. The molecule has 0 saturated carbocycles. The molecule has 0 atom stereocenters. The lowest BCUT2D eigenvalue weighted by molar-refractivity contribution is 0.167. The van der Waals surface area contributed by atoms with Crippen LogP contribution in [0.3, 0.4) is 0 Å². The van der Waals surface area contributed by atoms with Gasteiger partial charge in [0.1, 0.15) is 12.4 Å². The molecule has 1 aliphatic rings. The van der Waals surface area contributed by atoms with Crippen LogP contribution < -0.4 is 15.5 Å². The van der Waals surface area contributed by atoms with Gasteiger partial charge < -0.3 is 25.0 Å². The van der Waals surface area contributed by atoms with Gasteiger partial charge in [0.25, 0.3) is 0 Å². The molecule has 0 aliphatic carbocycles. The largest absolute Gasteiger partial charge is 0.375 e. The lowest BCUT2D eigenvalue weighted by Crippen LogP contribution is -2.50. The van der Waals surface area contributed by atoms with Gasteiger partial charge in [0.2, 0.25) is 0 Å². The number of aliphatic imine (C=N–C) groups is 1. The monoisotopic (exact) mass is 440 g/mol. The van der Waals surface area contributed by atoms with Crippen molar-refractivity contribution in [2.24, 2.45) is 12.0 Å². The molecule has 3 rings (SSSR count). The van der Waals surface area contributed by atoms with Gasteiger partial charge in [-0.2, -0.15) is 0 Å². The SMILES string of the molecule is Cc1nnc(CN=C(NCCCN(C)c2ccccc2)NC2CCN(C(C)C)CC2)n1C. The average Bonchev–Trinajstić information content (AvgIpc) is 3.13. The zero-order valence-corrected chi connectivity index (χ0v) is 20.4. The van der Waals surface area contributed by atoms with Crippen LogP contribution in [0, 0.1) is 6.92 Å². The highest BCUT2D eigenvalue weighted by molar-refractivity contribution is 5.80. The molecule has 32 heavy (non-hydrogen) atoms. The highest BCUT2D eigenvalue weighted by atomic mass is 15.3. The van der Waals surface area contributed by atoms with Crippen molar-refractivity contribution < 1.29 is 0 Å². The molecule has 1 aromatic carbocycles. The Kier molecular flexibility index (Phi) is 8.90. The van der Waals surface area contributed by atoms with Gasteiger partial charge in [0.05, 0.1) is 0 Å². The summed E-state index contributed by atoms with van der Waals surface area (Å²) in [4.78, 5) is 9.67. The Balaban J connectivity index is 1.54. The number of nitrogens with zero attached hydrogens (tertiary/aromatic N) is 6. The van der Waals surface area contributed by atoms with Gasteiger partial charge in [0.15, 0.2) is 11.8 Å². The van der Waals surface area contributed by atoms with Crippen LogP contribution in [0.5, 0.6) is 0 Å². The van der Waals surface area contributed by atoms with Crippen molar-refractivity contribution in [2.75, 3.05) is 38.1 Å². The van der Waals surface area contributed by atoms with Gasteiger partial charge in [-0.15, -0.1) is 10.2 Å². The van der Waals surface area contributed by atoms with E-state index in [4.69, 9.17) is 4.99 Å². The Labute approximate surface area is 193 Å². The number of hydrogen-bond acceptors (Lipinski definition) is 5. The fourth-order valence-corrected chi connectivity index (χ4v) is 3.98. The number of anilines is 1. The molecule has 8 heteroatoms.